The van der Waals surface area contributed by atoms with Crippen molar-refractivity contribution >= 4 is 8.78 Å². The Morgan fingerprint density at radius 2 is 1.29 bits per heavy atom. The Labute approximate surface area is 381 Å². The van der Waals surface area contributed by atoms with E-state index in [4.69, 9.17) is 0 Å². The van der Waals surface area contributed by atoms with Gasteiger partial charge in [-0.2, -0.15) is 33.9 Å². The molecule has 8 rings (SSSR count). The Morgan fingerprint density at radius 3 is 1.78 bits per heavy atom. The molecule has 4 aromatic carbocycles. The van der Waals surface area contributed by atoms with Crippen LogP contribution in [0.5, 0.6) is 0 Å². The fourth-order valence-electron chi connectivity index (χ4n) is 10.8. The average molecular weight is 891 g/mol. The Bertz CT molecular complexity index is 2160. The Balaban J connectivity index is 0.000000217. The molecule has 1 saturated carbocycles. The van der Waals surface area contributed by atoms with E-state index in [0.29, 0.717) is 11.3 Å². The van der Waals surface area contributed by atoms with Crippen molar-refractivity contribution in [3.05, 3.63) is 170 Å². The van der Waals surface area contributed by atoms with Crippen LogP contribution in [0.25, 0.3) is 5.57 Å². The number of hydrogen-bond donors (Lipinski definition) is 0. The van der Waals surface area contributed by atoms with Crippen LogP contribution in [0.2, 0.25) is 0 Å². The first-order valence-corrected chi connectivity index (χ1v) is 22.3. The molecule has 2 atom stereocenters. The summed E-state index contributed by atoms with van der Waals surface area (Å²) in [6, 6.07) is 31.2. The SMILES string of the molecule is C[C-]1C2=C3Cc4ccccc4C3=C3C=CCCC3C2(C)C(C)(C)C(C)(C)C1(C)C.Cc1cc(C(C)(C)C)c(C)[cH-]1.Cc1ccc([C](=[Zr+2])c2ccc(C)cc2)cc1.[Cl-].[Cl-]. The van der Waals surface area contributed by atoms with E-state index in [1.54, 1.807) is 28.2 Å². The molecule has 1 fully saturated rings. The van der Waals surface area contributed by atoms with E-state index >= 15 is 0 Å². The Morgan fingerprint density at radius 1 is 0.759 bits per heavy atom. The summed E-state index contributed by atoms with van der Waals surface area (Å²) in [5.41, 5.74) is 20.2. The van der Waals surface area contributed by atoms with Gasteiger partial charge in [0.05, 0.1) is 0 Å². The molecule has 0 nitrogen and oxygen atoms in total. The largest absolute Gasteiger partial charge is 1.00 e. The summed E-state index contributed by atoms with van der Waals surface area (Å²) >= 11 is 1.46. The van der Waals surface area contributed by atoms with E-state index in [2.05, 4.69) is 201 Å². The van der Waals surface area contributed by atoms with Crippen molar-refractivity contribution in [1.29, 1.82) is 0 Å². The van der Waals surface area contributed by atoms with E-state index in [1.807, 2.05) is 0 Å². The van der Waals surface area contributed by atoms with Crippen molar-refractivity contribution in [3.63, 3.8) is 0 Å². The van der Waals surface area contributed by atoms with E-state index in [0.717, 1.165) is 6.42 Å². The normalized spacial score (nSPS) is 21.7. The van der Waals surface area contributed by atoms with E-state index in [9.17, 15) is 0 Å². The van der Waals surface area contributed by atoms with Crippen LogP contribution in [0.3, 0.4) is 0 Å². The second kappa shape index (κ2) is 17.4. The van der Waals surface area contributed by atoms with Gasteiger partial charge in [-0.3, -0.25) is 0 Å². The first-order chi connectivity index (χ1) is 26.1. The van der Waals surface area contributed by atoms with Crippen LogP contribution in [0.1, 0.15) is 139 Å². The maximum atomic E-state index is 2.62. The summed E-state index contributed by atoms with van der Waals surface area (Å²) in [6.07, 6.45) is 8.50. The maximum absolute atomic E-state index is 2.62. The van der Waals surface area contributed by atoms with Gasteiger partial charge >= 0.3 is 112 Å². The Kier molecular flexibility index (Phi) is 14.5. The predicted octanol–water partition coefficient (Wildman–Crippen LogP) is 8.71. The van der Waals surface area contributed by atoms with E-state index in [1.165, 1.54) is 90.4 Å². The summed E-state index contributed by atoms with van der Waals surface area (Å²) in [7, 11) is 0. The molecular weight excluding hydrogens is 823 g/mol. The molecule has 58 heavy (non-hydrogen) atoms. The molecule has 308 valence electrons. The van der Waals surface area contributed by atoms with Gasteiger partial charge in [-0.15, -0.1) is 6.92 Å². The minimum Gasteiger partial charge on any atom is -1.00 e. The molecule has 0 spiro atoms. The average Bonchev–Trinajstić information content (AvgIpc) is 3.71. The zero-order chi connectivity index (χ0) is 41.2. The summed E-state index contributed by atoms with van der Waals surface area (Å²) < 4.78 is 1.42. The van der Waals surface area contributed by atoms with E-state index in [-0.39, 0.29) is 46.5 Å². The van der Waals surface area contributed by atoms with Crippen LogP contribution in [-0.4, -0.2) is 3.21 Å². The molecule has 0 aliphatic heterocycles. The zero-order valence-electron chi connectivity index (χ0n) is 38.2. The number of halogens is 2. The number of fused-ring (bicyclic) bond motifs is 6. The van der Waals surface area contributed by atoms with Crippen LogP contribution in [0, 0.1) is 61.2 Å². The van der Waals surface area contributed by atoms with Crippen LogP contribution in [-0.2, 0) is 36.1 Å². The Hall–Kier alpha value is -2.57. The molecule has 0 bridgehead atoms. The zero-order valence-corrected chi connectivity index (χ0v) is 42.2. The molecule has 0 saturated heterocycles. The number of benzene rings is 3. The summed E-state index contributed by atoms with van der Waals surface area (Å²) in [5.74, 6) is 2.24. The second-order valence-corrected chi connectivity index (χ2v) is 21.5. The van der Waals surface area contributed by atoms with Crippen molar-refractivity contribution in [2.24, 2.45) is 27.6 Å². The van der Waals surface area contributed by atoms with Crippen LogP contribution in [0.4, 0.5) is 0 Å². The number of hydrogen-bond acceptors (Lipinski definition) is 0. The van der Waals surface area contributed by atoms with Gasteiger partial charge in [0.2, 0.25) is 0 Å². The minimum absolute atomic E-state index is 0. The van der Waals surface area contributed by atoms with Crippen LogP contribution >= 0.6 is 0 Å². The van der Waals surface area contributed by atoms with Gasteiger partial charge in [-0.25, -0.2) is 12.0 Å². The number of aryl methyl sites for hydroxylation is 4. The molecule has 3 heteroatoms. The van der Waals surface area contributed by atoms with Crippen LogP contribution in [0.15, 0.2) is 114 Å². The first kappa shape index (κ1) is 48.1. The molecule has 0 aromatic heterocycles. The first-order valence-electron chi connectivity index (χ1n) is 21.1. The predicted molar refractivity (Wildman–Crippen MR) is 240 cm³/mol. The monoisotopic (exact) mass is 888 g/mol. The van der Waals surface area contributed by atoms with Gasteiger partial charge < -0.3 is 24.8 Å². The maximum Gasteiger partial charge on any atom is -1.00 e. The molecule has 4 aliphatic rings. The fourth-order valence-corrected chi connectivity index (χ4v) is 11.6. The van der Waals surface area contributed by atoms with Crippen LogP contribution < -0.4 is 24.8 Å². The van der Waals surface area contributed by atoms with Gasteiger partial charge in [0.15, 0.2) is 0 Å². The second-order valence-electron chi connectivity index (χ2n) is 20.2. The number of allylic oxidation sites excluding steroid dienone is 6. The molecule has 2 unspecified atom stereocenters. The molecule has 0 heterocycles. The molecule has 4 aliphatic carbocycles. The smallest absolute Gasteiger partial charge is 1.00 e. The fraction of sp³-hybridized carbons (Fsp3) is 0.436. The quantitative estimate of drug-likeness (QED) is 0.177. The van der Waals surface area contributed by atoms with Gasteiger partial charge in [0, 0.05) is 0 Å². The molecule has 0 amide bonds. The van der Waals surface area contributed by atoms with Crippen molar-refractivity contribution in [3.8, 4) is 0 Å². The molecule has 4 aromatic rings. The topological polar surface area (TPSA) is 0 Å². The minimum atomic E-state index is 0. The summed E-state index contributed by atoms with van der Waals surface area (Å²) in [5, 5.41) is 0. The van der Waals surface area contributed by atoms with Gasteiger partial charge in [0.25, 0.3) is 0 Å². The van der Waals surface area contributed by atoms with Gasteiger partial charge in [0.1, 0.15) is 0 Å². The molecule has 0 N–H and O–H groups in total. The standard InChI is InChI=1S/C29H37.C15H14.C11H17.2ClH.Zr/c1-18-25-22-17-19-13-9-10-14-20(19)24(22)21-15-11-12-16-23(21)29(25,8)28(6,7)27(4,5)26(18,2)3;1-12-3-7-14(8-4-12)11-15-9-5-13(2)6-10-15;1-8-6-9(2)10(7-8)11(3,4)5;;;/h9-11,13-15,23H,12,16-17H2,1-8H3;3-10H,1-2H3;6-7H,1-5H3;2*1H;/q-1;;-1;;;+2/p-2. The van der Waals surface area contributed by atoms with Crippen molar-refractivity contribution in [2.75, 3.05) is 0 Å². The molecular formula is C55H68Cl2Zr-2. The van der Waals surface area contributed by atoms with Gasteiger partial charge in [-0.1, -0.05) is 153 Å². The summed E-state index contributed by atoms with van der Waals surface area (Å²) in [4.78, 5) is 0. The van der Waals surface area contributed by atoms with Crippen molar-refractivity contribution in [2.45, 2.75) is 129 Å². The van der Waals surface area contributed by atoms with E-state index < -0.39 is 0 Å². The molecule has 0 radical (unpaired) electrons. The van der Waals surface area contributed by atoms with Crippen molar-refractivity contribution < 1.29 is 49.0 Å². The van der Waals surface area contributed by atoms with Crippen molar-refractivity contribution in [1.82, 2.24) is 0 Å². The summed E-state index contributed by atoms with van der Waals surface area (Å²) in [6.45, 7) is 35.7. The van der Waals surface area contributed by atoms with Gasteiger partial charge in [-0.05, 0) is 40.6 Å². The third kappa shape index (κ3) is 8.13. The third-order valence-corrected chi connectivity index (χ3v) is 16.9. The third-order valence-electron chi connectivity index (χ3n) is 15.5. The number of rotatable bonds is 2.